The maximum absolute atomic E-state index is 12.2. The van der Waals surface area contributed by atoms with Gasteiger partial charge in [0.25, 0.3) is 5.91 Å². The molecule has 0 aliphatic rings. The smallest absolute Gasteiger partial charge is 0.251 e. The molecule has 0 saturated heterocycles. The lowest BCUT2D eigenvalue weighted by Crippen LogP contribution is -2.18. The molecule has 0 aliphatic carbocycles. The van der Waals surface area contributed by atoms with Gasteiger partial charge in [-0.25, -0.2) is 0 Å². The quantitative estimate of drug-likeness (QED) is 0.686. The zero-order chi connectivity index (χ0) is 17.6. The molecule has 0 saturated carbocycles. The van der Waals surface area contributed by atoms with E-state index < -0.39 is 0 Å². The lowest BCUT2D eigenvalue weighted by atomic mass is 10.1. The van der Waals surface area contributed by atoms with Gasteiger partial charge in [0.15, 0.2) is 0 Å². The van der Waals surface area contributed by atoms with E-state index in [9.17, 15) is 9.59 Å². The molecule has 0 fully saturated rings. The molecule has 0 aliphatic heterocycles. The number of benzene rings is 3. The molecule has 0 unspecified atom stereocenters. The molecule has 3 rings (SSSR count). The molecule has 25 heavy (non-hydrogen) atoms. The average molecular weight is 350 g/mol. The molecule has 2 N–H and O–H groups in total. The predicted molar refractivity (Wildman–Crippen MR) is 103 cm³/mol. The van der Waals surface area contributed by atoms with Crippen LogP contribution in [0.1, 0.15) is 10.4 Å². The van der Waals surface area contributed by atoms with Crippen LogP contribution in [0.2, 0.25) is 0 Å². The highest BCUT2D eigenvalue weighted by molar-refractivity contribution is 8.00. The number of hydrogen-bond acceptors (Lipinski definition) is 3. The van der Waals surface area contributed by atoms with Crippen molar-refractivity contribution in [1.29, 1.82) is 0 Å². The third-order valence-corrected chi connectivity index (χ3v) is 4.72. The molecule has 3 aromatic rings. The molecule has 0 bridgehead atoms. The molecule has 0 radical (unpaired) electrons. The lowest BCUT2D eigenvalue weighted by molar-refractivity contribution is -0.113. The van der Waals surface area contributed by atoms with Gasteiger partial charge in [-0.3, -0.25) is 9.59 Å². The molecule has 0 heterocycles. The molecule has 0 spiro atoms. The Hall–Kier alpha value is -2.79. The summed E-state index contributed by atoms with van der Waals surface area (Å²) in [6, 6.07) is 21.2. The van der Waals surface area contributed by atoms with E-state index in [-0.39, 0.29) is 11.8 Å². The molecule has 4 nitrogen and oxygen atoms in total. The largest absolute Gasteiger partial charge is 0.355 e. The summed E-state index contributed by atoms with van der Waals surface area (Å²) in [4.78, 5) is 24.9. The van der Waals surface area contributed by atoms with Crippen molar-refractivity contribution < 1.29 is 9.59 Å². The van der Waals surface area contributed by atoms with Crippen molar-refractivity contribution in [2.75, 3.05) is 18.1 Å². The van der Waals surface area contributed by atoms with Gasteiger partial charge in [-0.1, -0.05) is 36.4 Å². The van der Waals surface area contributed by atoms with Gasteiger partial charge in [0.1, 0.15) is 0 Å². The first-order chi connectivity index (χ1) is 12.2. The van der Waals surface area contributed by atoms with Crippen molar-refractivity contribution in [3.63, 3.8) is 0 Å². The van der Waals surface area contributed by atoms with Crippen LogP contribution in [0.3, 0.4) is 0 Å². The first-order valence-electron chi connectivity index (χ1n) is 7.89. The first kappa shape index (κ1) is 17.0. The highest BCUT2D eigenvalue weighted by Gasteiger charge is 2.07. The van der Waals surface area contributed by atoms with E-state index in [1.54, 1.807) is 31.3 Å². The summed E-state index contributed by atoms with van der Waals surface area (Å²) in [7, 11) is 1.58. The lowest BCUT2D eigenvalue weighted by Gasteiger charge is -2.07. The fraction of sp³-hybridized carbons (Fsp3) is 0.100. The molecular weight excluding hydrogens is 332 g/mol. The summed E-state index contributed by atoms with van der Waals surface area (Å²) < 4.78 is 0. The van der Waals surface area contributed by atoms with E-state index in [0.717, 1.165) is 10.3 Å². The molecule has 0 atom stereocenters. The summed E-state index contributed by atoms with van der Waals surface area (Å²) in [5.74, 6) is 0.0246. The number of carbonyl (C=O) groups excluding carboxylic acids is 2. The fourth-order valence-corrected chi connectivity index (χ4v) is 3.23. The van der Waals surface area contributed by atoms with E-state index in [1.165, 1.54) is 17.1 Å². The predicted octanol–water partition coefficient (Wildman–Crippen LogP) is 3.93. The highest BCUT2D eigenvalue weighted by atomic mass is 32.2. The van der Waals surface area contributed by atoms with Crippen LogP contribution >= 0.6 is 11.8 Å². The Morgan fingerprint density at radius 3 is 2.52 bits per heavy atom. The maximum Gasteiger partial charge on any atom is 0.251 e. The Morgan fingerprint density at radius 1 is 0.920 bits per heavy atom. The van der Waals surface area contributed by atoms with Crippen molar-refractivity contribution in [1.82, 2.24) is 5.32 Å². The minimum Gasteiger partial charge on any atom is -0.355 e. The monoisotopic (exact) mass is 350 g/mol. The van der Waals surface area contributed by atoms with E-state index in [2.05, 4.69) is 34.9 Å². The first-order valence-corrected chi connectivity index (χ1v) is 8.88. The Morgan fingerprint density at radius 2 is 1.72 bits per heavy atom. The van der Waals surface area contributed by atoms with E-state index in [4.69, 9.17) is 0 Å². The second-order valence-corrected chi connectivity index (χ2v) is 6.55. The van der Waals surface area contributed by atoms with E-state index in [0.29, 0.717) is 17.0 Å². The molecule has 2 amide bonds. The third-order valence-electron chi connectivity index (χ3n) is 3.73. The van der Waals surface area contributed by atoms with Crippen LogP contribution in [0.5, 0.6) is 0 Å². The zero-order valence-electron chi connectivity index (χ0n) is 13.8. The van der Waals surface area contributed by atoms with E-state index in [1.807, 2.05) is 18.2 Å². The Bertz CT molecular complexity index is 924. The van der Waals surface area contributed by atoms with Gasteiger partial charge >= 0.3 is 0 Å². The Kier molecular flexibility index (Phi) is 5.36. The number of amides is 2. The molecular formula is C20H18N2O2S. The number of carbonyl (C=O) groups is 2. The summed E-state index contributed by atoms with van der Waals surface area (Å²) in [6.45, 7) is 0. The van der Waals surface area contributed by atoms with Gasteiger partial charge in [-0.15, -0.1) is 11.8 Å². The topological polar surface area (TPSA) is 58.2 Å². The Labute approximate surface area is 150 Å². The van der Waals surface area contributed by atoms with Gasteiger partial charge in [0, 0.05) is 23.2 Å². The standard InChI is InChI=1S/C20H18N2O2S/c1-21-20(24)16-7-4-8-17(11-16)22-19(23)13-25-18-10-9-14-5-2-3-6-15(14)12-18/h2-12H,13H2,1H3,(H,21,24)(H,22,23). The molecule has 0 aromatic heterocycles. The minimum absolute atomic E-state index is 0.104. The summed E-state index contributed by atoms with van der Waals surface area (Å²) >= 11 is 1.49. The number of anilines is 1. The second-order valence-electron chi connectivity index (χ2n) is 5.51. The average Bonchev–Trinajstić information content (AvgIpc) is 2.65. The van der Waals surface area contributed by atoms with Crippen LogP contribution in [0, 0.1) is 0 Å². The van der Waals surface area contributed by atoms with Crippen molar-refractivity contribution in [3.05, 3.63) is 72.3 Å². The minimum atomic E-state index is -0.179. The number of nitrogens with one attached hydrogen (secondary N) is 2. The van der Waals surface area contributed by atoms with Crippen LogP contribution in [0.4, 0.5) is 5.69 Å². The Balaban J connectivity index is 1.61. The number of fused-ring (bicyclic) bond motifs is 1. The number of thioether (sulfide) groups is 1. The normalized spacial score (nSPS) is 10.4. The van der Waals surface area contributed by atoms with E-state index >= 15 is 0 Å². The molecule has 126 valence electrons. The van der Waals surface area contributed by atoms with Gasteiger partial charge in [0.2, 0.25) is 5.91 Å². The van der Waals surface area contributed by atoms with Crippen molar-refractivity contribution in [2.24, 2.45) is 0 Å². The van der Waals surface area contributed by atoms with Gasteiger partial charge in [0.05, 0.1) is 5.75 Å². The zero-order valence-corrected chi connectivity index (χ0v) is 14.6. The van der Waals surface area contributed by atoms with Gasteiger partial charge in [-0.05, 0) is 41.1 Å². The molecule has 5 heteroatoms. The number of rotatable bonds is 5. The summed E-state index contributed by atoms with van der Waals surface area (Å²) in [6.07, 6.45) is 0. The van der Waals surface area contributed by atoms with Crippen molar-refractivity contribution >= 4 is 40.0 Å². The van der Waals surface area contributed by atoms with Gasteiger partial charge < -0.3 is 10.6 Å². The van der Waals surface area contributed by atoms with Crippen molar-refractivity contribution in [2.45, 2.75) is 4.90 Å². The van der Waals surface area contributed by atoms with Crippen LogP contribution in [0.15, 0.2) is 71.6 Å². The van der Waals surface area contributed by atoms with Crippen molar-refractivity contribution in [3.8, 4) is 0 Å². The molecule has 3 aromatic carbocycles. The summed E-state index contributed by atoms with van der Waals surface area (Å²) in [5, 5.41) is 7.74. The maximum atomic E-state index is 12.2. The van der Waals surface area contributed by atoms with Crippen LogP contribution in [-0.2, 0) is 4.79 Å². The third kappa shape index (κ3) is 4.39. The second kappa shape index (κ2) is 7.85. The van der Waals surface area contributed by atoms with Gasteiger partial charge in [-0.2, -0.15) is 0 Å². The SMILES string of the molecule is CNC(=O)c1cccc(NC(=O)CSc2ccc3ccccc3c2)c1. The van der Waals surface area contributed by atoms with Crippen LogP contribution in [-0.4, -0.2) is 24.6 Å². The number of hydrogen-bond donors (Lipinski definition) is 2. The summed E-state index contributed by atoms with van der Waals surface area (Å²) in [5.41, 5.74) is 1.13. The fourth-order valence-electron chi connectivity index (χ4n) is 2.49. The van der Waals surface area contributed by atoms with Crippen LogP contribution in [0.25, 0.3) is 10.8 Å². The van der Waals surface area contributed by atoms with Crippen LogP contribution < -0.4 is 10.6 Å². The highest BCUT2D eigenvalue weighted by Crippen LogP contribution is 2.23.